The first-order valence-electron chi connectivity index (χ1n) is 5.75. The first-order chi connectivity index (χ1) is 8.59. The number of anilines is 1. The molecule has 1 amide bonds. The molecule has 0 unspecified atom stereocenters. The maximum atomic E-state index is 12.1. The van der Waals surface area contributed by atoms with Gasteiger partial charge in [-0.1, -0.05) is 35.9 Å². The SMILES string of the molecule is Cc1ccc(N(O)C(=O)c2ccccc2C)cc1. The van der Waals surface area contributed by atoms with E-state index in [2.05, 4.69) is 0 Å². The average molecular weight is 241 g/mol. The highest BCUT2D eigenvalue weighted by Crippen LogP contribution is 2.17. The van der Waals surface area contributed by atoms with Crippen molar-refractivity contribution < 1.29 is 10.0 Å². The summed E-state index contributed by atoms with van der Waals surface area (Å²) in [4.78, 5) is 12.1. The third-order valence-electron chi connectivity index (χ3n) is 2.85. The van der Waals surface area contributed by atoms with Gasteiger partial charge in [0.1, 0.15) is 0 Å². The summed E-state index contributed by atoms with van der Waals surface area (Å²) in [6.45, 7) is 3.80. The molecule has 0 aliphatic carbocycles. The molecule has 0 aliphatic rings. The highest BCUT2D eigenvalue weighted by Gasteiger charge is 2.16. The molecule has 92 valence electrons. The lowest BCUT2D eigenvalue weighted by atomic mass is 10.1. The number of hydrogen-bond acceptors (Lipinski definition) is 2. The normalized spacial score (nSPS) is 10.2. The van der Waals surface area contributed by atoms with Gasteiger partial charge in [-0.25, -0.2) is 0 Å². The number of rotatable bonds is 2. The number of hydrogen-bond donors (Lipinski definition) is 1. The van der Waals surface area contributed by atoms with Crippen molar-refractivity contribution >= 4 is 11.6 Å². The zero-order valence-corrected chi connectivity index (χ0v) is 10.4. The van der Waals surface area contributed by atoms with E-state index in [1.54, 1.807) is 24.3 Å². The molecule has 0 fully saturated rings. The summed E-state index contributed by atoms with van der Waals surface area (Å²) < 4.78 is 0. The van der Waals surface area contributed by atoms with Crippen LogP contribution in [-0.2, 0) is 0 Å². The highest BCUT2D eigenvalue weighted by molar-refractivity contribution is 6.05. The lowest BCUT2D eigenvalue weighted by molar-refractivity contribution is 0.0854. The van der Waals surface area contributed by atoms with Gasteiger partial charge in [0.15, 0.2) is 0 Å². The van der Waals surface area contributed by atoms with Gasteiger partial charge in [-0.15, -0.1) is 0 Å². The van der Waals surface area contributed by atoms with Crippen LogP contribution < -0.4 is 5.06 Å². The minimum absolute atomic E-state index is 0.419. The van der Waals surface area contributed by atoms with Crippen molar-refractivity contribution in [3.8, 4) is 0 Å². The minimum Gasteiger partial charge on any atom is -0.281 e. The molecule has 0 saturated carbocycles. The molecular weight excluding hydrogens is 226 g/mol. The predicted molar refractivity (Wildman–Crippen MR) is 71.0 cm³/mol. The first kappa shape index (κ1) is 12.3. The van der Waals surface area contributed by atoms with Crippen LogP contribution in [-0.4, -0.2) is 11.1 Å². The van der Waals surface area contributed by atoms with Crippen molar-refractivity contribution in [1.29, 1.82) is 0 Å². The van der Waals surface area contributed by atoms with Crippen LogP contribution in [0.4, 0.5) is 5.69 Å². The smallest absolute Gasteiger partial charge is 0.281 e. The Labute approximate surface area is 106 Å². The Bertz CT molecular complexity index is 561. The topological polar surface area (TPSA) is 40.5 Å². The number of hydroxylamine groups is 1. The van der Waals surface area contributed by atoms with Crippen LogP contribution in [0.3, 0.4) is 0 Å². The highest BCUT2D eigenvalue weighted by atomic mass is 16.5. The van der Waals surface area contributed by atoms with Crippen molar-refractivity contribution in [3.05, 3.63) is 65.2 Å². The van der Waals surface area contributed by atoms with E-state index in [1.165, 1.54) is 0 Å². The summed E-state index contributed by atoms with van der Waals surface area (Å²) in [5.74, 6) is -0.419. The quantitative estimate of drug-likeness (QED) is 0.647. The number of benzene rings is 2. The monoisotopic (exact) mass is 241 g/mol. The minimum atomic E-state index is -0.419. The van der Waals surface area contributed by atoms with Crippen molar-refractivity contribution in [2.75, 3.05) is 5.06 Å². The molecular formula is C15H15NO2. The third kappa shape index (κ3) is 2.41. The van der Waals surface area contributed by atoms with E-state index < -0.39 is 5.91 Å². The Morgan fingerprint density at radius 1 is 1.00 bits per heavy atom. The molecule has 0 aliphatic heterocycles. The van der Waals surface area contributed by atoms with Crippen LogP contribution in [0.25, 0.3) is 0 Å². The predicted octanol–water partition coefficient (Wildman–Crippen LogP) is 3.34. The lowest BCUT2D eigenvalue weighted by Crippen LogP contribution is -2.27. The summed E-state index contributed by atoms with van der Waals surface area (Å²) in [7, 11) is 0. The summed E-state index contributed by atoms with van der Waals surface area (Å²) in [6.07, 6.45) is 0. The van der Waals surface area contributed by atoms with Gasteiger partial charge in [-0.05, 0) is 37.6 Å². The molecule has 0 atom stereocenters. The summed E-state index contributed by atoms with van der Waals surface area (Å²) in [5, 5.41) is 10.6. The fraction of sp³-hybridized carbons (Fsp3) is 0.133. The summed E-state index contributed by atoms with van der Waals surface area (Å²) in [5.41, 5.74) is 2.89. The Kier molecular flexibility index (Phi) is 3.44. The van der Waals surface area contributed by atoms with Gasteiger partial charge in [0, 0.05) is 5.56 Å². The fourth-order valence-corrected chi connectivity index (χ4v) is 1.73. The zero-order valence-electron chi connectivity index (χ0n) is 10.4. The van der Waals surface area contributed by atoms with Crippen LogP contribution in [0.2, 0.25) is 0 Å². The standard InChI is InChI=1S/C15H15NO2/c1-11-7-9-13(10-8-11)16(18)15(17)14-6-4-3-5-12(14)2/h3-10,18H,1-2H3. The Morgan fingerprint density at radius 2 is 1.61 bits per heavy atom. The Hall–Kier alpha value is -2.13. The van der Waals surface area contributed by atoms with Crippen molar-refractivity contribution in [3.63, 3.8) is 0 Å². The molecule has 3 heteroatoms. The molecule has 18 heavy (non-hydrogen) atoms. The third-order valence-corrected chi connectivity index (χ3v) is 2.85. The molecule has 0 saturated heterocycles. The molecule has 2 aromatic carbocycles. The number of nitrogens with zero attached hydrogens (tertiary/aromatic N) is 1. The molecule has 3 nitrogen and oxygen atoms in total. The molecule has 0 bridgehead atoms. The first-order valence-corrected chi connectivity index (χ1v) is 5.75. The molecule has 0 heterocycles. The second-order valence-electron chi connectivity index (χ2n) is 4.27. The van der Waals surface area contributed by atoms with E-state index in [0.29, 0.717) is 16.3 Å². The van der Waals surface area contributed by atoms with Gasteiger partial charge in [-0.3, -0.25) is 10.0 Å². The number of carbonyl (C=O) groups is 1. The van der Waals surface area contributed by atoms with Crippen LogP contribution >= 0.6 is 0 Å². The summed E-state index contributed by atoms with van der Waals surface area (Å²) in [6, 6.07) is 14.3. The van der Waals surface area contributed by atoms with Gasteiger partial charge in [0.25, 0.3) is 5.91 Å². The van der Waals surface area contributed by atoms with E-state index in [-0.39, 0.29) is 0 Å². The summed E-state index contributed by atoms with van der Waals surface area (Å²) >= 11 is 0. The van der Waals surface area contributed by atoms with Crippen molar-refractivity contribution in [1.82, 2.24) is 0 Å². The molecule has 2 rings (SSSR count). The Morgan fingerprint density at radius 3 is 2.22 bits per heavy atom. The molecule has 0 radical (unpaired) electrons. The number of aryl methyl sites for hydroxylation is 2. The van der Waals surface area contributed by atoms with Gasteiger partial charge in [0.05, 0.1) is 5.69 Å². The van der Waals surface area contributed by atoms with Crippen LogP contribution in [0.15, 0.2) is 48.5 Å². The van der Waals surface area contributed by atoms with Crippen molar-refractivity contribution in [2.45, 2.75) is 13.8 Å². The van der Waals surface area contributed by atoms with Crippen molar-refractivity contribution in [2.24, 2.45) is 0 Å². The van der Waals surface area contributed by atoms with Crippen LogP contribution in [0, 0.1) is 13.8 Å². The van der Waals surface area contributed by atoms with Gasteiger partial charge in [0.2, 0.25) is 0 Å². The van der Waals surface area contributed by atoms with E-state index in [0.717, 1.165) is 11.1 Å². The van der Waals surface area contributed by atoms with Crippen LogP contribution in [0.5, 0.6) is 0 Å². The van der Waals surface area contributed by atoms with Gasteiger partial charge < -0.3 is 0 Å². The lowest BCUT2D eigenvalue weighted by Gasteiger charge is -2.16. The second kappa shape index (κ2) is 5.02. The number of amides is 1. The van der Waals surface area contributed by atoms with Crippen LogP contribution in [0.1, 0.15) is 21.5 Å². The maximum absolute atomic E-state index is 12.1. The molecule has 0 aromatic heterocycles. The average Bonchev–Trinajstić information content (AvgIpc) is 2.38. The van der Waals surface area contributed by atoms with Gasteiger partial charge in [-0.2, -0.15) is 5.06 Å². The fourth-order valence-electron chi connectivity index (χ4n) is 1.73. The zero-order chi connectivity index (χ0) is 13.1. The van der Waals surface area contributed by atoms with E-state index >= 15 is 0 Å². The maximum Gasteiger partial charge on any atom is 0.282 e. The Balaban J connectivity index is 2.29. The van der Waals surface area contributed by atoms with E-state index in [1.807, 2.05) is 38.1 Å². The molecule has 0 spiro atoms. The van der Waals surface area contributed by atoms with E-state index in [4.69, 9.17) is 0 Å². The number of carbonyl (C=O) groups excluding carboxylic acids is 1. The largest absolute Gasteiger partial charge is 0.282 e. The second-order valence-corrected chi connectivity index (χ2v) is 4.27. The van der Waals surface area contributed by atoms with Gasteiger partial charge >= 0.3 is 0 Å². The van der Waals surface area contributed by atoms with E-state index in [9.17, 15) is 10.0 Å². The molecule has 1 N–H and O–H groups in total. The molecule has 2 aromatic rings.